The molecule has 0 bridgehead atoms. The van der Waals surface area contributed by atoms with Crippen LogP contribution >= 0.6 is 0 Å². The Morgan fingerprint density at radius 3 is 2.53 bits per heavy atom. The SMILES string of the molecule is CC(C(=O)NC(C)(C)C)N1CCCC1=N. The van der Waals surface area contributed by atoms with Gasteiger partial charge in [-0.2, -0.15) is 0 Å². The van der Waals surface area contributed by atoms with Crippen molar-refractivity contribution in [1.29, 1.82) is 5.41 Å². The summed E-state index contributed by atoms with van der Waals surface area (Å²) in [5.41, 5.74) is -0.201. The highest BCUT2D eigenvalue weighted by molar-refractivity contribution is 5.89. The molecule has 1 aliphatic rings. The van der Waals surface area contributed by atoms with Crippen LogP contribution in [0.15, 0.2) is 0 Å². The molecular weight excluding hydrogens is 190 g/mol. The van der Waals surface area contributed by atoms with Crippen molar-refractivity contribution in [2.75, 3.05) is 6.54 Å². The first kappa shape index (κ1) is 12.0. The smallest absolute Gasteiger partial charge is 0.242 e. The van der Waals surface area contributed by atoms with Crippen molar-refractivity contribution in [2.45, 2.75) is 52.1 Å². The molecule has 1 amide bonds. The molecule has 1 saturated heterocycles. The Kier molecular flexibility index (Phi) is 3.37. The molecule has 1 unspecified atom stereocenters. The van der Waals surface area contributed by atoms with Gasteiger partial charge in [0.25, 0.3) is 0 Å². The first-order chi connectivity index (χ1) is 6.81. The van der Waals surface area contributed by atoms with Crippen molar-refractivity contribution < 1.29 is 4.79 Å². The first-order valence-electron chi connectivity index (χ1n) is 5.47. The number of rotatable bonds is 2. The van der Waals surface area contributed by atoms with Gasteiger partial charge in [0, 0.05) is 18.5 Å². The standard InChI is InChI=1S/C11H21N3O/c1-8(10(15)13-11(2,3)4)14-7-5-6-9(14)12/h8,12H,5-7H2,1-4H3,(H,13,15). The molecule has 1 atom stereocenters. The number of nitrogens with one attached hydrogen (secondary N) is 2. The van der Waals surface area contributed by atoms with Gasteiger partial charge in [0.2, 0.25) is 5.91 Å². The molecule has 0 radical (unpaired) electrons. The van der Waals surface area contributed by atoms with E-state index in [-0.39, 0.29) is 17.5 Å². The number of carbonyl (C=O) groups excluding carboxylic acids is 1. The van der Waals surface area contributed by atoms with Crippen LogP contribution in [0.3, 0.4) is 0 Å². The van der Waals surface area contributed by atoms with Crippen LogP contribution in [0.5, 0.6) is 0 Å². The van der Waals surface area contributed by atoms with Gasteiger partial charge in [-0.3, -0.25) is 10.2 Å². The van der Waals surface area contributed by atoms with Gasteiger partial charge in [-0.25, -0.2) is 0 Å². The average molecular weight is 211 g/mol. The van der Waals surface area contributed by atoms with E-state index in [1.807, 2.05) is 32.6 Å². The largest absolute Gasteiger partial charge is 0.350 e. The molecule has 0 spiro atoms. The van der Waals surface area contributed by atoms with Gasteiger partial charge in [0.1, 0.15) is 6.04 Å². The van der Waals surface area contributed by atoms with E-state index in [9.17, 15) is 4.79 Å². The summed E-state index contributed by atoms with van der Waals surface area (Å²) in [5, 5.41) is 10.6. The van der Waals surface area contributed by atoms with Gasteiger partial charge in [-0.15, -0.1) is 0 Å². The Bertz CT molecular complexity index is 267. The van der Waals surface area contributed by atoms with E-state index in [2.05, 4.69) is 5.32 Å². The summed E-state index contributed by atoms with van der Waals surface area (Å²) >= 11 is 0. The average Bonchev–Trinajstić information content (AvgIpc) is 2.47. The zero-order valence-electron chi connectivity index (χ0n) is 10.1. The molecule has 0 aromatic rings. The molecule has 0 saturated carbocycles. The second-order valence-corrected chi connectivity index (χ2v) is 5.16. The number of nitrogens with zero attached hydrogens (tertiary/aromatic N) is 1. The van der Waals surface area contributed by atoms with Crippen molar-refractivity contribution >= 4 is 11.7 Å². The van der Waals surface area contributed by atoms with E-state index >= 15 is 0 Å². The van der Waals surface area contributed by atoms with E-state index in [1.54, 1.807) is 0 Å². The van der Waals surface area contributed by atoms with Gasteiger partial charge in [-0.05, 0) is 34.1 Å². The van der Waals surface area contributed by atoms with Crippen molar-refractivity contribution in [3.63, 3.8) is 0 Å². The molecule has 1 rings (SSSR count). The monoisotopic (exact) mass is 211 g/mol. The van der Waals surface area contributed by atoms with Gasteiger partial charge < -0.3 is 10.2 Å². The van der Waals surface area contributed by atoms with Crippen molar-refractivity contribution in [3.05, 3.63) is 0 Å². The normalized spacial score (nSPS) is 19.2. The topological polar surface area (TPSA) is 56.2 Å². The summed E-state index contributed by atoms with van der Waals surface area (Å²) < 4.78 is 0. The molecule has 1 heterocycles. The zero-order valence-corrected chi connectivity index (χ0v) is 10.1. The van der Waals surface area contributed by atoms with Gasteiger partial charge in [-0.1, -0.05) is 0 Å². The lowest BCUT2D eigenvalue weighted by Gasteiger charge is -2.29. The minimum Gasteiger partial charge on any atom is -0.350 e. The van der Waals surface area contributed by atoms with E-state index in [0.29, 0.717) is 5.84 Å². The van der Waals surface area contributed by atoms with Crippen LogP contribution in [-0.2, 0) is 4.79 Å². The zero-order chi connectivity index (χ0) is 11.6. The van der Waals surface area contributed by atoms with E-state index < -0.39 is 0 Å². The molecular formula is C11H21N3O. The number of carbonyl (C=O) groups is 1. The maximum Gasteiger partial charge on any atom is 0.242 e. The number of likely N-dealkylation sites (tertiary alicyclic amines) is 1. The predicted octanol–water partition coefficient (Wildman–Crippen LogP) is 1.36. The van der Waals surface area contributed by atoms with Gasteiger partial charge >= 0.3 is 0 Å². The van der Waals surface area contributed by atoms with Crippen LogP contribution in [0.1, 0.15) is 40.5 Å². The van der Waals surface area contributed by atoms with Gasteiger partial charge in [0.05, 0.1) is 5.84 Å². The maximum absolute atomic E-state index is 11.8. The molecule has 1 fully saturated rings. The highest BCUT2D eigenvalue weighted by Crippen LogP contribution is 2.14. The lowest BCUT2D eigenvalue weighted by molar-refractivity contribution is -0.125. The van der Waals surface area contributed by atoms with Crippen LogP contribution in [-0.4, -0.2) is 34.8 Å². The third kappa shape index (κ3) is 3.22. The third-order valence-electron chi connectivity index (χ3n) is 2.50. The molecule has 0 aromatic carbocycles. The molecule has 15 heavy (non-hydrogen) atoms. The Morgan fingerprint density at radius 2 is 2.13 bits per heavy atom. The van der Waals surface area contributed by atoms with E-state index in [0.717, 1.165) is 19.4 Å². The number of amides is 1. The van der Waals surface area contributed by atoms with E-state index in [4.69, 9.17) is 5.41 Å². The van der Waals surface area contributed by atoms with Crippen molar-refractivity contribution in [2.24, 2.45) is 0 Å². The fourth-order valence-electron chi connectivity index (χ4n) is 1.74. The predicted molar refractivity (Wildman–Crippen MR) is 61.0 cm³/mol. The Hall–Kier alpha value is -1.06. The number of amidine groups is 1. The summed E-state index contributed by atoms with van der Waals surface area (Å²) in [6.45, 7) is 8.59. The molecule has 0 aromatic heterocycles. The van der Waals surface area contributed by atoms with Crippen molar-refractivity contribution in [3.8, 4) is 0 Å². The third-order valence-corrected chi connectivity index (χ3v) is 2.50. The number of hydrogen-bond acceptors (Lipinski definition) is 2. The fraction of sp³-hybridized carbons (Fsp3) is 0.818. The first-order valence-corrected chi connectivity index (χ1v) is 5.47. The molecule has 4 nitrogen and oxygen atoms in total. The Labute approximate surface area is 91.5 Å². The minimum absolute atomic E-state index is 0.00847. The lowest BCUT2D eigenvalue weighted by Crippen LogP contribution is -2.51. The highest BCUT2D eigenvalue weighted by Gasteiger charge is 2.28. The lowest BCUT2D eigenvalue weighted by atomic mass is 10.1. The summed E-state index contributed by atoms with van der Waals surface area (Å²) in [4.78, 5) is 13.7. The van der Waals surface area contributed by atoms with Gasteiger partial charge in [0.15, 0.2) is 0 Å². The molecule has 2 N–H and O–H groups in total. The van der Waals surface area contributed by atoms with Crippen molar-refractivity contribution in [1.82, 2.24) is 10.2 Å². The Balaban J connectivity index is 2.56. The van der Waals surface area contributed by atoms with Crippen LogP contribution in [0.2, 0.25) is 0 Å². The second-order valence-electron chi connectivity index (χ2n) is 5.16. The fourth-order valence-corrected chi connectivity index (χ4v) is 1.74. The molecule has 86 valence electrons. The molecule has 1 aliphatic heterocycles. The highest BCUT2D eigenvalue weighted by atomic mass is 16.2. The van der Waals surface area contributed by atoms with Crippen LogP contribution in [0.25, 0.3) is 0 Å². The van der Waals surface area contributed by atoms with Crippen LogP contribution in [0.4, 0.5) is 0 Å². The van der Waals surface area contributed by atoms with E-state index in [1.165, 1.54) is 0 Å². The minimum atomic E-state index is -0.223. The molecule has 4 heteroatoms. The summed E-state index contributed by atoms with van der Waals surface area (Å²) in [5.74, 6) is 0.598. The van der Waals surface area contributed by atoms with Crippen LogP contribution < -0.4 is 5.32 Å². The second kappa shape index (κ2) is 4.21. The summed E-state index contributed by atoms with van der Waals surface area (Å²) in [6, 6.07) is -0.223. The quantitative estimate of drug-likeness (QED) is 0.724. The van der Waals surface area contributed by atoms with Crippen LogP contribution in [0, 0.1) is 5.41 Å². The maximum atomic E-state index is 11.8. The molecule has 0 aliphatic carbocycles. The Morgan fingerprint density at radius 1 is 1.53 bits per heavy atom. The number of hydrogen-bond donors (Lipinski definition) is 2. The summed E-state index contributed by atoms with van der Waals surface area (Å²) in [6.07, 6.45) is 1.79. The summed E-state index contributed by atoms with van der Waals surface area (Å²) in [7, 11) is 0.